The van der Waals surface area contributed by atoms with Crippen LogP contribution < -0.4 is 10.1 Å². The van der Waals surface area contributed by atoms with Crippen LogP contribution in [0.2, 0.25) is 5.02 Å². The van der Waals surface area contributed by atoms with Crippen LogP contribution in [-0.4, -0.2) is 24.1 Å². The van der Waals surface area contributed by atoms with Gasteiger partial charge in [0.2, 0.25) is 0 Å². The number of carbonyl (C=O) groups is 2. The van der Waals surface area contributed by atoms with Crippen molar-refractivity contribution in [1.29, 1.82) is 0 Å². The number of aromatic carboxylic acids is 1. The van der Waals surface area contributed by atoms with Gasteiger partial charge in [0.1, 0.15) is 5.75 Å². The van der Waals surface area contributed by atoms with Gasteiger partial charge in [0, 0.05) is 5.56 Å². The van der Waals surface area contributed by atoms with Crippen molar-refractivity contribution in [3.8, 4) is 5.75 Å². The number of carboxylic acids is 1. The number of ether oxygens (including phenoxy) is 1. The minimum atomic E-state index is -1.08. The van der Waals surface area contributed by atoms with Crippen LogP contribution in [0.15, 0.2) is 42.5 Å². The minimum absolute atomic E-state index is 0.0578. The van der Waals surface area contributed by atoms with Crippen LogP contribution in [0, 0.1) is 0 Å². The van der Waals surface area contributed by atoms with Crippen molar-refractivity contribution in [2.75, 3.05) is 12.4 Å². The third-order valence-electron chi connectivity index (χ3n) is 2.82. The summed E-state index contributed by atoms with van der Waals surface area (Å²) in [5, 5.41) is 11.6. The Hall–Kier alpha value is -2.53. The van der Waals surface area contributed by atoms with Crippen molar-refractivity contribution in [2.24, 2.45) is 0 Å². The maximum atomic E-state index is 12.1. The van der Waals surface area contributed by atoms with E-state index in [4.69, 9.17) is 21.4 Å². The maximum Gasteiger partial charge on any atom is 0.335 e. The van der Waals surface area contributed by atoms with E-state index in [1.54, 1.807) is 31.4 Å². The molecule has 1 amide bonds. The molecule has 0 aliphatic carbocycles. The largest absolute Gasteiger partial charge is 0.497 e. The molecule has 0 spiro atoms. The van der Waals surface area contributed by atoms with E-state index in [1.165, 1.54) is 18.2 Å². The molecule has 0 bridgehead atoms. The summed E-state index contributed by atoms with van der Waals surface area (Å²) in [7, 11) is 1.54. The van der Waals surface area contributed by atoms with Crippen molar-refractivity contribution in [3.63, 3.8) is 0 Å². The summed E-state index contributed by atoms with van der Waals surface area (Å²) < 4.78 is 5.01. The molecule has 0 aliphatic heterocycles. The molecule has 0 saturated carbocycles. The van der Waals surface area contributed by atoms with Gasteiger partial charge in [0.05, 0.1) is 23.4 Å². The van der Waals surface area contributed by atoms with Crippen molar-refractivity contribution in [2.45, 2.75) is 0 Å². The second-order valence-electron chi connectivity index (χ2n) is 4.18. The summed E-state index contributed by atoms with van der Waals surface area (Å²) in [5.41, 5.74) is 0.846. The Morgan fingerprint density at radius 2 is 1.71 bits per heavy atom. The molecule has 0 fully saturated rings. The van der Waals surface area contributed by atoms with E-state index in [2.05, 4.69) is 5.32 Å². The number of halogens is 1. The topological polar surface area (TPSA) is 75.6 Å². The Morgan fingerprint density at radius 3 is 2.24 bits per heavy atom. The van der Waals surface area contributed by atoms with E-state index in [0.29, 0.717) is 17.0 Å². The predicted octanol–water partition coefficient (Wildman–Crippen LogP) is 3.30. The number of hydrogen-bond acceptors (Lipinski definition) is 3. The number of amides is 1. The second-order valence-corrected chi connectivity index (χ2v) is 4.59. The molecule has 21 heavy (non-hydrogen) atoms. The Kier molecular flexibility index (Phi) is 4.45. The molecule has 2 N–H and O–H groups in total. The second kappa shape index (κ2) is 6.28. The van der Waals surface area contributed by atoms with Gasteiger partial charge < -0.3 is 15.2 Å². The van der Waals surface area contributed by atoms with E-state index in [9.17, 15) is 9.59 Å². The van der Waals surface area contributed by atoms with Crippen molar-refractivity contribution in [1.82, 2.24) is 0 Å². The van der Waals surface area contributed by atoms with E-state index in [0.717, 1.165) is 0 Å². The SMILES string of the molecule is COc1ccc(C(=O)Nc2ccc(C(=O)O)cc2Cl)cc1. The number of benzene rings is 2. The van der Waals surface area contributed by atoms with Crippen LogP contribution in [0.1, 0.15) is 20.7 Å². The number of methoxy groups -OCH3 is 1. The summed E-state index contributed by atoms with van der Waals surface area (Å²) in [6, 6.07) is 10.7. The molecule has 0 heterocycles. The average Bonchev–Trinajstić information content (AvgIpc) is 2.49. The zero-order valence-corrected chi connectivity index (χ0v) is 11.8. The Morgan fingerprint density at radius 1 is 1.10 bits per heavy atom. The zero-order valence-electron chi connectivity index (χ0n) is 11.1. The summed E-state index contributed by atoms with van der Waals surface area (Å²) in [6.45, 7) is 0. The van der Waals surface area contributed by atoms with Crippen LogP contribution >= 0.6 is 11.6 Å². The van der Waals surface area contributed by atoms with Crippen LogP contribution in [0.25, 0.3) is 0 Å². The standard InChI is InChI=1S/C15H12ClNO4/c1-21-11-5-2-9(3-6-11)14(18)17-13-7-4-10(15(19)20)8-12(13)16/h2-8H,1H3,(H,17,18)(H,19,20). The maximum absolute atomic E-state index is 12.1. The first-order chi connectivity index (χ1) is 10.0. The summed E-state index contributed by atoms with van der Waals surface area (Å²) >= 11 is 5.95. The van der Waals surface area contributed by atoms with Gasteiger partial charge in [-0.25, -0.2) is 4.79 Å². The number of rotatable bonds is 4. The molecule has 6 heteroatoms. The fraction of sp³-hybridized carbons (Fsp3) is 0.0667. The van der Waals surface area contributed by atoms with Gasteiger partial charge in [0.15, 0.2) is 0 Å². The minimum Gasteiger partial charge on any atom is -0.497 e. The molecule has 5 nitrogen and oxygen atoms in total. The number of carbonyl (C=O) groups excluding carboxylic acids is 1. The fourth-order valence-corrected chi connectivity index (χ4v) is 1.91. The smallest absolute Gasteiger partial charge is 0.335 e. The Labute approximate surface area is 126 Å². The van der Waals surface area contributed by atoms with Gasteiger partial charge in [-0.1, -0.05) is 11.6 Å². The first-order valence-corrected chi connectivity index (χ1v) is 6.37. The normalized spacial score (nSPS) is 10.0. The molecule has 0 radical (unpaired) electrons. The lowest BCUT2D eigenvalue weighted by Gasteiger charge is -2.08. The van der Waals surface area contributed by atoms with E-state index in [1.807, 2.05) is 0 Å². The molecule has 0 aliphatic rings. The molecule has 2 aromatic carbocycles. The monoisotopic (exact) mass is 305 g/mol. The highest BCUT2D eigenvalue weighted by Gasteiger charge is 2.11. The first kappa shape index (κ1) is 14.9. The molecule has 0 unspecified atom stereocenters. The van der Waals surface area contributed by atoms with Crippen molar-refractivity contribution in [3.05, 3.63) is 58.6 Å². The molecular formula is C15H12ClNO4. The van der Waals surface area contributed by atoms with Gasteiger partial charge in [0.25, 0.3) is 5.91 Å². The lowest BCUT2D eigenvalue weighted by molar-refractivity contribution is 0.0696. The lowest BCUT2D eigenvalue weighted by Crippen LogP contribution is -2.12. The highest BCUT2D eigenvalue weighted by atomic mass is 35.5. The summed E-state index contributed by atoms with van der Waals surface area (Å²) in [6.07, 6.45) is 0. The third kappa shape index (κ3) is 3.52. The lowest BCUT2D eigenvalue weighted by atomic mass is 10.1. The van der Waals surface area contributed by atoms with Crippen LogP contribution in [0.5, 0.6) is 5.75 Å². The molecular weight excluding hydrogens is 294 g/mol. The van der Waals surface area contributed by atoms with Gasteiger partial charge in [-0.3, -0.25) is 4.79 Å². The third-order valence-corrected chi connectivity index (χ3v) is 3.13. The summed E-state index contributed by atoms with van der Waals surface area (Å²) in [4.78, 5) is 22.9. The average molecular weight is 306 g/mol. The Balaban J connectivity index is 2.17. The zero-order chi connectivity index (χ0) is 15.4. The van der Waals surface area contributed by atoms with E-state index >= 15 is 0 Å². The van der Waals surface area contributed by atoms with Crippen LogP contribution in [-0.2, 0) is 0 Å². The number of hydrogen-bond donors (Lipinski definition) is 2. The van der Waals surface area contributed by atoms with Crippen molar-refractivity contribution < 1.29 is 19.4 Å². The highest BCUT2D eigenvalue weighted by molar-refractivity contribution is 6.34. The first-order valence-electron chi connectivity index (χ1n) is 5.99. The molecule has 0 atom stereocenters. The molecule has 108 valence electrons. The van der Waals surface area contributed by atoms with Crippen LogP contribution in [0.3, 0.4) is 0 Å². The van der Waals surface area contributed by atoms with Gasteiger partial charge >= 0.3 is 5.97 Å². The van der Waals surface area contributed by atoms with E-state index in [-0.39, 0.29) is 16.5 Å². The molecule has 0 saturated heterocycles. The van der Waals surface area contributed by atoms with Gasteiger partial charge in [-0.05, 0) is 42.5 Å². The molecule has 0 aromatic heterocycles. The number of anilines is 1. The fourth-order valence-electron chi connectivity index (χ4n) is 1.69. The van der Waals surface area contributed by atoms with Gasteiger partial charge in [-0.2, -0.15) is 0 Å². The molecule has 2 aromatic rings. The van der Waals surface area contributed by atoms with Crippen molar-refractivity contribution >= 4 is 29.2 Å². The van der Waals surface area contributed by atoms with Gasteiger partial charge in [-0.15, -0.1) is 0 Å². The number of carboxylic acid groups (broad SMARTS) is 1. The number of nitrogens with one attached hydrogen (secondary N) is 1. The predicted molar refractivity (Wildman–Crippen MR) is 79.4 cm³/mol. The molecule has 2 rings (SSSR count). The quantitative estimate of drug-likeness (QED) is 0.908. The highest BCUT2D eigenvalue weighted by Crippen LogP contribution is 2.24. The Bertz CT molecular complexity index is 683. The van der Waals surface area contributed by atoms with Crippen LogP contribution in [0.4, 0.5) is 5.69 Å². The summed E-state index contributed by atoms with van der Waals surface area (Å²) in [5.74, 6) is -0.775. The van der Waals surface area contributed by atoms with E-state index < -0.39 is 5.97 Å².